The van der Waals surface area contributed by atoms with E-state index in [2.05, 4.69) is 26.0 Å². The molecule has 106 valence electrons. The summed E-state index contributed by atoms with van der Waals surface area (Å²) < 4.78 is 40.3. The predicted octanol–water partition coefficient (Wildman–Crippen LogP) is 2.74. The van der Waals surface area contributed by atoms with Gasteiger partial charge in [0.15, 0.2) is 0 Å². The van der Waals surface area contributed by atoms with Crippen molar-refractivity contribution in [3.05, 3.63) is 27.4 Å². The highest BCUT2D eigenvalue weighted by Crippen LogP contribution is 2.33. The van der Waals surface area contributed by atoms with E-state index in [1.165, 1.54) is 6.07 Å². The highest BCUT2D eigenvalue weighted by molar-refractivity contribution is 9.10. The fourth-order valence-electron chi connectivity index (χ4n) is 1.95. The molecule has 1 fully saturated rings. The van der Waals surface area contributed by atoms with Crippen LogP contribution in [0.4, 0.5) is 10.1 Å². The minimum absolute atomic E-state index is 0.0271. The maximum absolute atomic E-state index is 13.1. The zero-order chi connectivity index (χ0) is 14.0. The first-order valence-corrected chi connectivity index (χ1v) is 8.49. The van der Waals surface area contributed by atoms with E-state index in [0.717, 1.165) is 19.0 Å². The van der Waals surface area contributed by atoms with Crippen LogP contribution in [0.3, 0.4) is 0 Å². The van der Waals surface area contributed by atoms with Gasteiger partial charge in [0.25, 0.3) is 0 Å². The molecule has 0 saturated carbocycles. The number of hydrogen-bond donors (Lipinski definition) is 2. The summed E-state index contributed by atoms with van der Waals surface area (Å²) in [5.41, 5.74) is 0.175. The van der Waals surface area contributed by atoms with Crippen LogP contribution >= 0.6 is 27.5 Å². The van der Waals surface area contributed by atoms with Crippen LogP contribution in [-0.2, 0) is 10.0 Å². The summed E-state index contributed by atoms with van der Waals surface area (Å²) >= 11 is 8.97. The molecule has 4 nitrogen and oxygen atoms in total. The lowest BCUT2D eigenvalue weighted by Crippen LogP contribution is -2.41. The number of anilines is 1. The highest BCUT2D eigenvalue weighted by Gasteiger charge is 2.28. The first-order valence-electron chi connectivity index (χ1n) is 5.77. The molecule has 8 heteroatoms. The second-order valence-corrected chi connectivity index (χ2v) is 7.58. The van der Waals surface area contributed by atoms with Crippen LogP contribution in [0, 0.1) is 5.82 Å². The Labute approximate surface area is 124 Å². The van der Waals surface area contributed by atoms with Crippen LogP contribution < -0.4 is 10.0 Å². The van der Waals surface area contributed by atoms with Crippen LogP contribution in [0.1, 0.15) is 12.8 Å². The lowest BCUT2D eigenvalue weighted by Gasteiger charge is -2.24. The van der Waals surface area contributed by atoms with Crippen molar-refractivity contribution in [3.8, 4) is 0 Å². The second-order valence-electron chi connectivity index (χ2n) is 4.36. The molecule has 1 saturated heterocycles. The van der Waals surface area contributed by atoms with Crippen molar-refractivity contribution in [1.82, 2.24) is 5.32 Å². The number of sulfonamides is 1. The van der Waals surface area contributed by atoms with Gasteiger partial charge in [0.2, 0.25) is 10.0 Å². The van der Waals surface area contributed by atoms with E-state index in [1.54, 1.807) is 0 Å². The van der Waals surface area contributed by atoms with Gasteiger partial charge in [-0.1, -0.05) is 11.6 Å². The maximum atomic E-state index is 13.1. The van der Waals surface area contributed by atoms with Crippen molar-refractivity contribution in [2.75, 3.05) is 17.8 Å². The first-order chi connectivity index (χ1) is 8.90. The highest BCUT2D eigenvalue weighted by atomic mass is 79.9. The molecule has 0 amide bonds. The third-order valence-electron chi connectivity index (χ3n) is 2.94. The number of nitrogens with one attached hydrogen (secondary N) is 2. The van der Waals surface area contributed by atoms with Gasteiger partial charge >= 0.3 is 0 Å². The Bertz CT molecular complexity index is 553. The van der Waals surface area contributed by atoms with Crippen LogP contribution in [-0.4, -0.2) is 26.8 Å². The molecule has 1 unspecified atom stereocenters. The Hall–Kier alpha value is -0.370. The van der Waals surface area contributed by atoms with Gasteiger partial charge in [0, 0.05) is 11.0 Å². The van der Waals surface area contributed by atoms with Crippen molar-refractivity contribution in [3.63, 3.8) is 0 Å². The molecule has 2 rings (SSSR count). The van der Waals surface area contributed by atoms with Crippen LogP contribution in [0.5, 0.6) is 0 Å². The predicted molar refractivity (Wildman–Crippen MR) is 77.5 cm³/mol. The van der Waals surface area contributed by atoms with Crippen LogP contribution in [0.25, 0.3) is 0 Å². The number of halogens is 3. The zero-order valence-electron chi connectivity index (χ0n) is 9.92. The van der Waals surface area contributed by atoms with E-state index < -0.39 is 21.1 Å². The molecule has 0 spiro atoms. The number of rotatable bonds is 3. The maximum Gasteiger partial charge on any atom is 0.236 e. The SMILES string of the molecule is O=S(=O)(Nc1c(Cl)cc(F)cc1Br)C1CCCNC1. The molecule has 1 aliphatic rings. The molecule has 0 radical (unpaired) electrons. The summed E-state index contributed by atoms with van der Waals surface area (Å²) in [5, 5.41) is 2.56. The summed E-state index contributed by atoms with van der Waals surface area (Å²) in [5.74, 6) is -0.529. The molecule has 1 aliphatic heterocycles. The van der Waals surface area contributed by atoms with E-state index in [4.69, 9.17) is 11.6 Å². The fraction of sp³-hybridized carbons (Fsp3) is 0.455. The van der Waals surface area contributed by atoms with E-state index in [-0.39, 0.29) is 15.2 Å². The molecule has 0 aliphatic carbocycles. The number of piperidine rings is 1. The van der Waals surface area contributed by atoms with E-state index in [9.17, 15) is 12.8 Å². The smallest absolute Gasteiger partial charge is 0.236 e. The van der Waals surface area contributed by atoms with Crippen molar-refractivity contribution < 1.29 is 12.8 Å². The lowest BCUT2D eigenvalue weighted by atomic mass is 10.2. The second kappa shape index (κ2) is 5.95. The third-order valence-corrected chi connectivity index (χ3v) is 5.63. The Morgan fingerprint density at radius 1 is 1.47 bits per heavy atom. The summed E-state index contributed by atoms with van der Waals surface area (Å²) in [6, 6.07) is 2.24. The largest absolute Gasteiger partial charge is 0.315 e. The van der Waals surface area contributed by atoms with Crippen molar-refractivity contribution in [2.45, 2.75) is 18.1 Å². The molecule has 1 aromatic rings. The average molecular weight is 372 g/mol. The quantitative estimate of drug-likeness (QED) is 0.859. The van der Waals surface area contributed by atoms with Gasteiger partial charge in [0.1, 0.15) is 5.82 Å². The Kier molecular flexibility index (Phi) is 4.70. The molecule has 19 heavy (non-hydrogen) atoms. The molecule has 2 N–H and O–H groups in total. The standard InChI is InChI=1S/C11H13BrClFN2O2S/c12-9-4-7(14)5-10(13)11(9)16-19(17,18)8-2-1-3-15-6-8/h4-5,8,15-16H,1-3,6H2. The van der Waals surface area contributed by atoms with E-state index in [1.807, 2.05) is 0 Å². The molecule has 1 aromatic carbocycles. The summed E-state index contributed by atoms with van der Waals surface area (Å²) in [6.07, 6.45) is 1.41. The van der Waals surface area contributed by atoms with Gasteiger partial charge in [0.05, 0.1) is 16.0 Å². The van der Waals surface area contributed by atoms with Gasteiger partial charge < -0.3 is 5.32 Å². The minimum atomic E-state index is -3.54. The van der Waals surface area contributed by atoms with Gasteiger partial charge in [-0.3, -0.25) is 4.72 Å². The number of hydrogen-bond acceptors (Lipinski definition) is 3. The van der Waals surface area contributed by atoms with E-state index in [0.29, 0.717) is 13.0 Å². The summed E-state index contributed by atoms with van der Waals surface area (Å²) in [6.45, 7) is 1.23. The average Bonchev–Trinajstić information content (AvgIpc) is 2.35. The van der Waals surface area contributed by atoms with Gasteiger partial charge in [-0.05, 0) is 47.4 Å². The molecule has 0 bridgehead atoms. The minimum Gasteiger partial charge on any atom is -0.315 e. The molecule has 0 aromatic heterocycles. The van der Waals surface area contributed by atoms with Crippen molar-refractivity contribution in [2.24, 2.45) is 0 Å². The Morgan fingerprint density at radius 2 is 2.21 bits per heavy atom. The first kappa shape index (κ1) is 15.0. The van der Waals surface area contributed by atoms with Crippen LogP contribution in [0.15, 0.2) is 16.6 Å². The van der Waals surface area contributed by atoms with Crippen molar-refractivity contribution in [1.29, 1.82) is 0 Å². The fourth-order valence-corrected chi connectivity index (χ4v) is 4.52. The lowest BCUT2D eigenvalue weighted by molar-refractivity contribution is 0.499. The summed E-state index contributed by atoms with van der Waals surface area (Å²) in [4.78, 5) is 0. The Morgan fingerprint density at radius 3 is 2.79 bits per heavy atom. The Balaban J connectivity index is 2.25. The normalized spacial score (nSPS) is 20.3. The van der Waals surface area contributed by atoms with Crippen molar-refractivity contribution >= 4 is 43.2 Å². The molecule has 1 heterocycles. The molecular formula is C11H13BrClFN2O2S. The van der Waals surface area contributed by atoms with Gasteiger partial charge in [-0.25, -0.2) is 12.8 Å². The number of benzene rings is 1. The topological polar surface area (TPSA) is 58.2 Å². The molecule has 1 atom stereocenters. The van der Waals surface area contributed by atoms with Gasteiger partial charge in [-0.15, -0.1) is 0 Å². The van der Waals surface area contributed by atoms with E-state index >= 15 is 0 Å². The van der Waals surface area contributed by atoms with Gasteiger partial charge in [-0.2, -0.15) is 0 Å². The zero-order valence-corrected chi connectivity index (χ0v) is 13.1. The van der Waals surface area contributed by atoms with Crippen LogP contribution in [0.2, 0.25) is 5.02 Å². The third kappa shape index (κ3) is 3.59. The molecular weight excluding hydrogens is 359 g/mol. The monoisotopic (exact) mass is 370 g/mol. The summed E-state index contributed by atoms with van der Waals surface area (Å²) in [7, 11) is -3.54.